The number of Topliss-reactive ketones (excluding diaryl/α,β-unsaturated/α-hetero) is 1. The summed E-state index contributed by atoms with van der Waals surface area (Å²) in [6.45, 7) is 0.277. The molecule has 1 aromatic rings. The molecule has 0 fully saturated rings. The second kappa shape index (κ2) is 6.31. The number of hydrogen-bond donors (Lipinski definition) is 2. The number of anilines is 1. The molecule has 1 aromatic carbocycles. The number of hydrogen-bond acceptors (Lipinski definition) is 4. The zero-order chi connectivity index (χ0) is 15.6. The Morgan fingerprint density at radius 1 is 1.33 bits per heavy atom. The van der Waals surface area contributed by atoms with Crippen LogP contribution < -0.4 is 16.2 Å². The predicted molar refractivity (Wildman–Crippen MR) is 77.0 cm³/mol. The van der Waals surface area contributed by atoms with Crippen LogP contribution in [0.25, 0.3) is 0 Å². The second-order valence-electron chi connectivity index (χ2n) is 4.59. The number of hydrazine groups is 1. The number of rotatable bonds is 5. The molecule has 0 aromatic heterocycles. The van der Waals surface area contributed by atoms with Crippen molar-refractivity contribution in [3.63, 3.8) is 0 Å². The van der Waals surface area contributed by atoms with Gasteiger partial charge in [-0.3, -0.25) is 19.8 Å². The monoisotopic (exact) mass is 357 g/mol. The lowest BCUT2D eigenvalue weighted by Crippen LogP contribution is -2.32. The van der Waals surface area contributed by atoms with Crippen LogP contribution in [0.4, 0.5) is 10.1 Å². The first-order valence-electron chi connectivity index (χ1n) is 6.30. The topological polar surface area (TPSA) is 92.5 Å². The van der Waals surface area contributed by atoms with Crippen LogP contribution in [0.5, 0.6) is 0 Å². The van der Waals surface area contributed by atoms with Crippen molar-refractivity contribution >= 4 is 39.2 Å². The van der Waals surface area contributed by atoms with E-state index in [2.05, 4.69) is 15.9 Å². The maximum atomic E-state index is 13.3. The van der Waals surface area contributed by atoms with E-state index in [1.807, 2.05) is 5.43 Å². The largest absolute Gasteiger partial charge is 0.304 e. The number of amides is 2. The SMILES string of the molecule is NNC(=O)CCCCN1C(=O)C(=O)c2cc(F)cc(Br)c21. The molecule has 3 N–H and O–H groups in total. The molecule has 0 spiro atoms. The second-order valence-corrected chi connectivity index (χ2v) is 5.45. The first kappa shape index (κ1) is 15.6. The minimum absolute atomic E-state index is 0.0616. The van der Waals surface area contributed by atoms with E-state index in [1.165, 1.54) is 11.0 Å². The Hall–Kier alpha value is -1.80. The molecule has 21 heavy (non-hydrogen) atoms. The number of nitrogens with two attached hydrogens (primary N) is 1. The van der Waals surface area contributed by atoms with E-state index in [0.717, 1.165) is 6.07 Å². The summed E-state index contributed by atoms with van der Waals surface area (Å²) in [6, 6.07) is 2.27. The standard InChI is InChI=1S/C13H13BrFN3O3/c14-9-6-7(15)5-8-11(9)18(13(21)12(8)20)4-2-1-3-10(19)17-16/h5-6H,1-4,16H2,(H,17,19). The highest BCUT2D eigenvalue weighted by Gasteiger charge is 2.37. The molecule has 0 saturated heterocycles. The van der Waals surface area contributed by atoms with Gasteiger partial charge in [-0.2, -0.15) is 0 Å². The van der Waals surface area contributed by atoms with Gasteiger partial charge in [0.15, 0.2) is 0 Å². The summed E-state index contributed by atoms with van der Waals surface area (Å²) in [7, 11) is 0. The van der Waals surface area contributed by atoms with Crippen LogP contribution in [-0.2, 0) is 9.59 Å². The number of ketones is 1. The maximum absolute atomic E-state index is 13.3. The Morgan fingerprint density at radius 3 is 2.71 bits per heavy atom. The molecule has 1 heterocycles. The minimum atomic E-state index is -0.718. The van der Waals surface area contributed by atoms with Crippen molar-refractivity contribution < 1.29 is 18.8 Å². The third-order valence-corrected chi connectivity index (χ3v) is 3.78. The Kier molecular flexibility index (Phi) is 4.69. The molecule has 112 valence electrons. The van der Waals surface area contributed by atoms with E-state index in [-0.39, 0.29) is 24.4 Å². The van der Waals surface area contributed by atoms with Crippen molar-refractivity contribution in [1.82, 2.24) is 5.43 Å². The average molecular weight is 358 g/mol. The summed E-state index contributed by atoms with van der Waals surface area (Å²) < 4.78 is 13.7. The number of fused-ring (bicyclic) bond motifs is 1. The van der Waals surface area contributed by atoms with Crippen LogP contribution in [0.2, 0.25) is 0 Å². The van der Waals surface area contributed by atoms with Gasteiger partial charge in [-0.15, -0.1) is 0 Å². The van der Waals surface area contributed by atoms with Gasteiger partial charge in [-0.05, 0) is 40.9 Å². The quantitative estimate of drug-likeness (QED) is 0.273. The van der Waals surface area contributed by atoms with Gasteiger partial charge in [-0.25, -0.2) is 10.2 Å². The third kappa shape index (κ3) is 3.11. The van der Waals surface area contributed by atoms with E-state index >= 15 is 0 Å². The summed E-state index contributed by atoms with van der Waals surface area (Å²) >= 11 is 3.17. The molecule has 6 nitrogen and oxygen atoms in total. The van der Waals surface area contributed by atoms with Gasteiger partial charge < -0.3 is 4.90 Å². The molecule has 0 atom stereocenters. The van der Waals surface area contributed by atoms with Gasteiger partial charge in [0.25, 0.3) is 11.7 Å². The van der Waals surface area contributed by atoms with Crippen molar-refractivity contribution in [3.05, 3.63) is 28.0 Å². The third-order valence-electron chi connectivity index (χ3n) is 3.18. The van der Waals surface area contributed by atoms with Crippen LogP contribution in [0, 0.1) is 5.82 Å². The smallest absolute Gasteiger partial charge is 0.299 e. The molecule has 8 heteroatoms. The molecule has 0 aliphatic carbocycles. The average Bonchev–Trinajstić information content (AvgIpc) is 2.68. The van der Waals surface area contributed by atoms with Gasteiger partial charge in [0.05, 0.1) is 11.3 Å². The number of carbonyl (C=O) groups excluding carboxylic acids is 3. The first-order valence-corrected chi connectivity index (χ1v) is 7.09. The Morgan fingerprint density at radius 2 is 2.05 bits per heavy atom. The molecule has 0 radical (unpaired) electrons. The fraction of sp³-hybridized carbons (Fsp3) is 0.308. The van der Waals surface area contributed by atoms with E-state index < -0.39 is 17.5 Å². The van der Waals surface area contributed by atoms with Gasteiger partial charge in [0.2, 0.25) is 5.91 Å². The van der Waals surface area contributed by atoms with Crippen molar-refractivity contribution in [2.45, 2.75) is 19.3 Å². The van der Waals surface area contributed by atoms with Crippen LogP contribution >= 0.6 is 15.9 Å². The number of halogens is 2. The molecule has 2 rings (SSSR count). The molecule has 1 aliphatic heterocycles. The van der Waals surface area contributed by atoms with E-state index in [9.17, 15) is 18.8 Å². The molecular formula is C13H13BrFN3O3. The van der Waals surface area contributed by atoms with E-state index in [4.69, 9.17) is 5.84 Å². The number of benzene rings is 1. The number of carbonyl (C=O) groups is 3. The highest BCUT2D eigenvalue weighted by atomic mass is 79.9. The molecular weight excluding hydrogens is 345 g/mol. The van der Waals surface area contributed by atoms with Crippen LogP contribution in [0.1, 0.15) is 29.6 Å². The number of unbranched alkanes of at least 4 members (excludes halogenated alkanes) is 1. The lowest BCUT2D eigenvalue weighted by Gasteiger charge is -2.17. The Bertz CT molecular complexity index is 621. The van der Waals surface area contributed by atoms with E-state index in [1.54, 1.807) is 0 Å². The minimum Gasteiger partial charge on any atom is -0.304 e. The fourth-order valence-electron chi connectivity index (χ4n) is 2.19. The molecule has 0 saturated carbocycles. The van der Waals surface area contributed by atoms with Crippen LogP contribution in [0.3, 0.4) is 0 Å². The van der Waals surface area contributed by atoms with Gasteiger partial charge in [-0.1, -0.05) is 0 Å². The summed E-state index contributed by atoms with van der Waals surface area (Å²) in [5.41, 5.74) is 2.46. The Labute approximate surface area is 128 Å². The van der Waals surface area contributed by atoms with Gasteiger partial charge in [0, 0.05) is 17.4 Å². The summed E-state index contributed by atoms with van der Waals surface area (Å²) in [5, 5.41) is 0. The first-order chi connectivity index (χ1) is 9.95. The Balaban J connectivity index is 2.10. The van der Waals surface area contributed by atoms with Crippen molar-refractivity contribution in [3.8, 4) is 0 Å². The van der Waals surface area contributed by atoms with Crippen LogP contribution in [-0.4, -0.2) is 24.1 Å². The lowest BCUT2D eigenvalue weighted by molar-refractivity contribution is -0.121. The van der Waals surface area contributed by atoms with Gasteiger partial charge >= 0.3 is 0 Å². The molecule has 0 bridgehead atoms. The summed E-state index contributed by atoms with van der Waals surface area (Å²) in [5.74, 6) is 2.70. The highest BCUT2D eigenvalue weighted by molar-refractivity contribution is 9.10. The number of nitrogens with zero attached hydrogens (tertiary/aromatic N) is 1. The molecule has 2 amide bonds. The summed E-state index contributed by atoms with van der Waals surface area (Å²) in [4.78, 5) is 36.1. The van der Waals surface area contributed by atoms with Crippen molar-refractivity contribution in [1.29, 1.82) is 0 Å². The van der Waals surface area contributed by atoms with Crippen molar-refractivity contribution in [2.75, 3.05) is 11.4 Å². The zero-order valence-corrected chi connectivity index (χ0v) is 12.6. The maximum Gasteiger partial charge on any atom is 0.299 e. The van der Waals surface area contributed by atoms with Crippen molar-refractivity contribution in [2.24, 2.45) is 5.84 Å². The number of nitrogens with one attached hydrogen (secondary N) is 1. The fourth-order valence-corrected chi connectivity index (χ4v) is 2.84. The van der Waals surface area contributed by atoms with Crippen LogP contribution in [0.15, 0.2) is 16.6 Å². The molecule has 1 aliphatic rings. The highest BCUT2D eigenvalue weighted by Crippen LogP contribution is 2.37. The summed E-state index contributed by atoms with van der Waals surface area (Å²) in [6.07, 6.45) is 1.29. The van der Waals surface area contributed by atoms with E-state index in [0.29, 0.717) is 23.0 Å². The van der Waals surface area contributed by atoms with Gasteiger partial charge in [0.1, 0.15) is 5.82 Å². The molecule has 0 unspecified atom stereocenters. The predicted octanol–water partition coefficient (Wildman–Crippen LogP) is 1.28. The normalized spacial score (nSPS) is 13.6. The zero-order valence-electron chi connectivity index (χ0n) is 11.0. The lowest BCUT2D eigenvalue weighted by atomic mass is 10.1.